The number of hydrogen-bond acceptors (Lipinski definition) is 4. The smallest absolute Gasteiger partial charge is 0.142 e. The second kappa shape index (κ2) is 8.20. The molecule has 2 rings (SSSR count). The van der Waals surface area contributed by atoms with Crippen LogP contribution in [0.25, 0.3) is 0 Å². The van der Waals surface area contributed by atoms with E-state index in [1.807, 2.05) is 13.0 Å². The highest BCUT2D eigenvalue weighted by atomic mass is 16.5. The van der Waals surface area contributed by atoms with Gasteiger partial charge in [-0.2, -0.15) is 0 Å². The summed E-state index contributed by atoms with van der Waals surface area (Å²) < 4.78 is 11.7. The quantitative estimate of drug-likeness (QED) is 0.620. The summed E-state index contributed by atoms with van der Waals surface area (Å²) in [7, 11) is 0. The lowest BCUT2D eigenvalue weighted by atomic mass is 10.1. The number of anilines is 1. The zero-order chi connectivity index (χ0) is 15.9. The fourth-order valence-electron chi connectivity index (χ4n) is 2.89. The van der Waals surface area contributed by atoms with Gasteiger partial charge < -0.3 is 19.7 Å². The molecule has 0 aromatic heterocycles. The van der Waals surface area contributed by atoms with Crippen LogP contribution < -0.4 is 15.0 Å². The van der Waals surface area contributed by atoms with Crippen LogP contribution in [0.2, 0.25) is 0 Å². The van der Waals surface area contributed by atoms with Crippen molar-refractivity contribution in [2.75, 3.05) is 31.1 Å². The van der Waals surface area contributed by atoms with Crippen LogP contribution >= 0.6 is 0 Å². The zero-order valence-corrected chi connectivity index (χ0v) is 14.0. The normalized spacial score (nSPS) is 21.7. The standard InChI is InChI=1S/C18H28N2O2/c1-5-9-19-11-16-7-8-17(18(10-16)21-6-2)20-12-14(3)22-15(4)13-20/h5,7-8,10,14-15,19H,1,6,9,11-13H2,2-4H3. The van der Waals surface area contributed by atoms with Gasteiger partial charge in [0.2, 0.25) is 0 Å². The molecule has 4 nitrogen and oxygen atoms in total. The summed E-state index contributed by atoms with van der Waals surface area (Å²) in [6.45, 7) is 14.1. The molecule has 1 N–H and O–H groups in total. The van der Waals surface area contributed by atoms with Gasteiger partial charge in [0, 0.05) is 26.2 Å². The largest absolute Gasteiger partial charge is 0.492 e. The third kappa shape index (κ3) is 4.49. The molecule has 1 saturated heterocycles. The first-order valence-corrected chi connectivity index (χ1v) is 8.11. The molecule has 1 fully saturated rings. The Bertz CT molecular complexity index is 480. The molecule has 0 radical (unpaired) electrons. The van der Waals surface area contributed by atoms with Crippen molar-refractivity contribution in [1.82, 2.24) is 5.32 Å². The monoisotopic (exact) mass is 304 g/mol. The molecular formula is C18H28N2O2. The lowest BCUT2D eigenvalue weighted by molar-refractivity contribution is -0.00534. The van der Waals surface area contributed by atoms with Gasteiger partial charge in [0.1, 0.15) is 5.75 Å². The van der Waals surface area contributed by atoms with Gasteiger partial charge in [-0.1, -0.05) is 12.1 Å². The Morgan fingerprint density at radius 1 is 1.36 bits per heavy atom. The van der Waals surface area contributed by atoms with E-state index >= 15 is 0 Å². The Hall–Kier alpha value is -1.52. The molecular weight excluding hydrogens is 276 g/mol. The van der Waals surface area contributed by atoms with Crippen molar-refractivity contribution in [2.45, 2.75) is 39.5 Å². The molecule has 1 heterocycles. The van der Waals surface area contributed by atoms with Crippen LogP contribution in [0.4, 0.5) is 5.69 Å². The Morgan fingerprint density at radius 2 is 2.09 bits per heavy atom. The second-order valence-electron chi connectivity index (χ2n) is 5.82. The third-order valence-corrected chi connectivity index (χ3v) is 3.70. The van der Waals surface area contributed by atoms with Crippen molar-refractivity contribution in [3.63, 3.8) is 0 Å². The van der Waals surface area contributed by atoms with Crippen LogP contribution in [-0.2, 0) is 11.3 Å². The van der Waals surface area contributed by atoms with E-state index in [9.17, 15) is 0 Å². The molecule has 22 heavy (non-hydrogen) atoms. The number of nitrogens with one attached hydrogen (secondary N) is 1. The van der Waals surface area contributed by atoms with E-state index in [1.54, 1.807) is 0 Å². The Balaban J connectivity index is 2.16. The van der Waals surface area contributed by atoms with Crippen LogP contribution in [-0.4, -0.2) is 38.4 Å². The molecule has 0 spiro atoms. The lowest BCUT2D eigenvalue weighted by Crippen LogP contribution is -2.45. The minimum absolute atomic E-state index is 0.243. The number of morpholine rings is 1. The Labute approximate surface area is 134 Å². The van der Waals surface area contributed by atoms with Gasteiger partial charge in [-0.05, 0) is 38.5 Å². The van der Waals surface area contributed by atoms with E-state index < -0.39 is 0 Å². The van der Waals surface area contributed by atoms with E-state index in [2.05, 4.69) is 48.8 Å². The molecule has 0 amide bonds. The summed E-state index contributed by atoms with van der Waals surface area (Å²) >= 11 is 0. The van der Waals surface area contributed by atoms with Gasteiger partial charge in [0.15, 0.2) is 0 Å². The van der Waals surface area contributed by atoms with E-state index in [0.717, 1.165) is 37.6 Å². The van der Waals surface area contributed by atoms with E-state index in [1.165, 1.54) is 5.56 Å². The maximum absolute atomic E-state index is 5.88. The first-order valence-electron chi connectivity index (χ1n) is 8.11. The first-order chi connectivity index (χ1) is 10.6. The summed E-state index contributed by atoms with van der Waals surface area (Å²) in [5, 5.41) is 3.33. The van der Waals surface area contributed by atoms with Crippen molar-refractivity contribution in [3.05, 3.63) is 36.4 Å². The van der Waals surface area contributed by atoms with Crippen molar-refractivity contribution in [1.29, 1.82) is 0 Å². The number of rotatable bonds is 7. The molecule has 0 bridgehead atoms. The van der Waals surface area contributed by atoms with Crippen molar-refractivity contribution in [3.8, 4) is 5.75 Å². The van der Waals surface area contributed by atoms with Crippen molar-refractivity contribution >= 4 is 5.69 Å². The third-order valence-electron chi connectivity index (χ3n) is 3.70. The highest BCUT2D eigenvalue weighted by Gasteiger charge is 2.24. The van der Waals surface area contributed by atoms with Gasteiger partial charge >= 0.3 is 0 Å². The van der Waals surface area contributed by atoms with Gasteiger partial charge in [-0.3, -0.25) is 0 Å². The van der Waals surface area contributed by atoms with Crippen LogP contribution in [0.1, 0.15) is 26.3 Å². The minimum atomic E-state index is 0.243. The average Bonchev–Trinajstić information content (AvgIpc) is 2.47. The molecule has 1 aromatic rings. The van der Waals surface area contributed by atoms with Gasteiger partial charge in [-0.25, -0.2) is 0 Å². The average molecular weight is 304 g/mol. The van der Waals surface area contributed by atoms with E-state index in [-0.39, 0.29) is 12.2 Å². The highest BCUT2D eigenvalue weighted by Crippen LogP contribution is 2.32. The van der Waals surface area contributed by atoms with Gasteiger partial charge in [0.25, 0.3) is 0 Å². The number of hydrogen-bond donors (Lipinski definition) is 1. The summed E-state index contributed by atoms with van der Waals surface area (Å²) in [4.78, 5) is 2.37. The van der Waals surface area contributed by atoms with Crippen LogP contribution in [0.3, 0.4) is 0 Å². The maximum Gasteiger partial charge on any atom is 0.142 e. The zero-order valence-electron chi connectivity index (χ0n) is 14.0. The molecule has 1 aliphatic heterocycles. The van der Waals surface area contributed by atoms with Crippen LogP contribution in [0.5, 0.6) is 5.75 Å². The molecule has 2 atom stereocenters. The summed E-state index contributed by atoms with van der Waals surface area (Å²) in [5.41, 5.74) is 2.39. The van der Waals surface area contributed by atoms with Crippen LogP contribution in [0, 0.1) is 0 Å². The Kier molecular flexibility index (Phi) is 6.28. The van der Waals surface area contributed by atoms with Crippen molar-refractivity contribution < 1.29 is 9.47 Å². The highest BCUT2D eigenvalue weighted by molar-refractivity contribution is 5.60. The summed E-state index contributed by atoms with van der Waals surface area (Å²) in [6.07, 6.45) is 2.35. The van der Waals surface area contributed by atoms with Crippen molar-refractivity contribution in [2.24, 2.45) is 0 Å². The molecule has 0 saturated carbocycles. The lowest BCUT2D eigenvalue weighted by Gasteiger charge is -2.37. The molecule has 122 valence electrons. The van der Waals surface area contributed by atoms with Gasteiger partial charge in [0.05, 0.1) is 24.5 Å². The van der Waals surface area contributed by atoms with Crippen LogP contribution in [0.15, 0.2) is 30.9 Å². The molecule has 2 unspecified atom stereocenters. The number of nitrogens with zero attached hydrogens (tertiary/aromatic N) is 1. The Morgan fingerprint density at radius 3 is 2.73 bits per heavy atom. The van der Waals surface area contributed by atoms with E-state index in [0.29, 0.717) is 6.61 Å². The topological polar surface area (TPSA) is 33.7 Å². The SMILES string of the molecule is C=CCNCc1ccc(N2CC(C)OC(C)C2)c(OCC)c1. The molecule has 1 aliphatic rings. The molecule has 4 heteroatoms. The predicted molar refractivity (Wildman–Crippen MR) is 91.7 cm³/mol. The summed E-state index contributed by atoms with van der Waals surface area (Å²) in [6, 6.07) is 6.47. The maximum atomic E-state index is 5.88. The number of benzene rings is 1. The second-order valence-corrected chi connectivity index (χ2v) is 5.82. The first kappa shape index (κ1) is 16.8. The predicted octanol–water partition coefficient (Wildman–Crippen LogP) is 2.97. The molecule has 1 aromatic carbocycles. The summed E-state index contributed by atoms with van der Waals surface area (Å²) in [5.74, 6) is 0.960. The molecule has 0 aliphatic carbocycles. The number of ether oxygens (including phenoxy) is 2. The van der Waals surface area contributed by atoms with Gasteiger partial charge in [-0.15, -0.1) is 6.58 Å². The minimum Gasteiger partial charge on any atom is -0.492 e. The fourth-order valence-corrected chi connectivity index (χ4v) is 2.89. The van der Waals surface area contributed by atoms with E-state index in [4.69, 9.17) is 9.47 Å². The fraction of sp³-hybridized carbons (Fsp3) is 0.556.